The highest BCUT2D eigenvalue weighted by Crippen LogP contribution is 2.28. The zero-order chi connectivity index (χ0) is 12.7. The van der Waals surface area contributed by atoms with Gasteiger partial charge in [-0.1, -0.05) is 25.3 Å². The van der Waals surface area contributed by atoms with Crippen molar-refractivity contribution < 1.29 is 4.79 Å². The molecule has 0 aromatic rings. The van der Waals surface area contributed by atoms with Crippen molar-refractivity contribution >= 4 is 5.91 Å². The first-order valence-electron chi connectivity index (χ1n) is 6.75. The number of hydrogen-bond acceptors (Lipinski definition) is 2. The number of rotatable bonds is 7. The van der Waals surface area contributed by atoms with Crippen molar-refractivity contribution in [2.24, 2.45) is 5.73 Å². The molecule has 1 aliphatic carbocycles. The van der Waals surface area contributed by atoms with E-state index in [1.165, 1.54) is 6.42 Å². The number of carbonyl (C=O) groups is 1. The summed E-state index contributed by atoms with van der Waals surface area (Å²) in [5.41, 5.74) is 5.59. The summed E-state index contributed by atoms with van der Waals surface area (Å²) in [6, 6.07) is 0. The van der Waals surface area contributed by atoms with Crippen LogP contribution in [0.25, 0.3) is 0 Å². The van der Waals surface area contributed by atoms with Crippen LogP contribution in [-0.2, 0) is 4.79 Å². The lowest BCUT2D eigenvalue weighted by molar-refractivity contribution is -0.135. The van der Waals surface area contributed by atoms with Crippen molar-refractivity contribution in [3.05, 3.63) is 12.7 Å². The van der Waals surface area contributed by atoms with E-state index in [1.54, 1.807) is 0 Å². The van der Waals surface area contributed by atoms with Crippen molar-refractivity contribution in [3.63, 3.8) is 0 Å². The largest absolute Gasteiger partial charge is 0.344 e. The van der Waals surface area contributed by atoms with Crippen LogP contribution in [0.15, 0.2) is 12.7 Å². The molecule has 0 atom stereocenters. The third-order valence-electron chi connectivity index (χ3n) is 3.67. The molecular weight excluding hydrogens is 212 g/mol. The van der Waals surface area contributed by atoms with Gasteiger partial charge in [0.1, 0.15) is 0 Å². The Balaban J connectivity index is 2.24. The average Bonchev–Trinajstić information content (AvgIpc) is 2.76. The molecule has 0 spiro atoms. The van der Waals surface area contributed by atoms with Crippen molar-refractivity contribution in [1.29, 1.82) is 0 Å². The van der Waals surface area contributed by atoms with Gasteiger partial charge in [-0.05, 0) is 32.1 Å². The highest BCUT2D eigenvalue weighted by atomic mass is 16.2. The molecule has 0 saturated heterocycles. The number of likely N-dealkylation sites (N-methyl/N-ethyl adjacent to an activating group) is 1. The molecule has 0 aliphatic heterocycles. The van der Waals surface area contributed by atoms with Crippen molar-refractivity contribution in [1.82, 2.24) is 4.90 Å². The van der Waals surface area contributed by atoms with E-state index >= 15 is 0 Å². The maximum absolute atomic E-state index is 12.2. The molecule has 98 valence electrons. The van der Waals surface area contributed by atoms with Gasteiger partial charge in [-0.25, -0.2) is 0 Å². The lowest BCUT2D eigenvalue weighted by Crippen LogP contribution is -2.52. The van der Waals surface area contributed by atoms with E-state index < -0.39 is 5.54 Å². The summed E-state index contributed by atoms with van der Waals surface area (Å²) < 4.78 is 0. The summed E-state index contributed by atoms with van der Waals surface area (Å²) in [6.45, 7) is 4.53. The molecule has 1 aliphatic rings. The van der Waals surface area contributed by atoms with Gasteiger partial charge in [-0.15, -0.1) is 6.58 Å². The van der Waals surface area contributed by atoms with Gasteiger partial charge in [0.05, 0.1) is 5.54 Å². The lowest BCUT2D eigenvalue weighted by Gasteiger charge is -2.28. The van der Waals surface area contributed by atoms with Gasteiger partial charge in [0.25, 0.3) is 0 Å². The number of carbonyl (C=O) groups excluding carboxylic acids is 1. The molecular formula is C14H26N2O. The first-order chi connectivity index (χ1) is 8.10. The number of hydrogen-bond donors (Lipinski definition) is 1. The fraction of sp³-hybridized carbons (Fsp3) is 0.786. The predicted octanol–water partition coefficient (Wildman–Crippen LogP) is 2.46. The second-order valence-electron chi connectivity index (χ2n) is 5.23. The van der Waals surface area contributed by atoms with E-state index in [0.717, 1.165) is 51.5 Å². The van der Waals surface area contributed by atoms with Gasteiger partial charge >= 0.3 is 0 Å². The Morgan fingerprint density at radius 1 is 1.35 bits per heavy atom. The lowest BCUT2D eigenvalue weighted by atomic mass is 9.97. The topological polar surface area (TPSA) is 46.3 Å². The first-order valence-corrected chi connectivity index (χ1v) is 6.75. The van der Waals surface area contributed by atoms with E-state index in [1.807, 2.05) is 18.0 Å². The van der Waals surface area contributed by atoms with Crippen molar-refractivity contribution in [3.8, 4) is 0 Å². The molecule has 1 rings (SSSR count). The van der Waals surface area contributed by atoms with Gasteiger partial charge in [-0.3, -0.25) is 4.79 Å². The van der Waals surface area contributed by atoms with E-state index in [2.05, 4.69) is 6.58 Å². The molecule has 17 heavy (non-hydrogen) atoms. The molecule has 3 nitrogen and oxygen atoms in total. The van der Waals surface area contributed by atoms with E-state index in [9.17, 15) is 4.79 Å². The molecule has 1 saturated carbocycles. The second kappa shape index (κ2) is 6.80. The minimum absolute atomic E-state index is 0.138. The quantitative estimate of drug-likeness (QED) is 0.547. The molecule has 0 bridgehead atoms. The Morgan fingerprint density at radius 2 is 2.00 bits per heavy atom. The van der Waals surface area contributed by atoms with Crippen LogP contribution < -0.4 is 5.73 Å². The molecule has 0 aromatic carbocycles. The summed E-state index contributed by atoms with van der Waals surface area (Å²) in [6.07, 6.45) is 10.3. The fourth-order valence-electron chi connectivity index (χ4n) is 2.52. The monoisotopic (exact) mass is 238 g/mol. The summed E-state index contributed by atoms with van der Waals surface area (Å²) in [5.74, 6) is 0.138. The third-order valence-corrected chi connectivity index (χ3v) is 3.67. The summed E-state index contributed by atoms with van der Waals surface area (Å²) >= 11 is 0. The van der Waals surface area contributed by atoms with Gasteiger partial charge in [0.2, 0.25) is 5.91 Å². The van der Waals surface area contributed by atoms with Gasteiger partial charge in [0, 0.05) is 13.6 Å². The summed E-state index contributed by atoms with van der Waals surface area (Å²) in [7, 11) is 1.88. The summed E-state index contributed by atoms with van der Waals surface area (Å²) in [4.78, 5) is 14.0. The first kappa shape index (κ1) is 14.2. The number of unbranched alkanes of at least 4 members (excludes halogenated alkanes) is 3. The van der Waals surface area contributed by atoms with Crippen LogP contribution in [0, 0.1) is 0 Å². The van der Waals surface area contributed by atoms with Crippen LogP contribution in [0.3, 0.4) is 0 Å². The van der Waals surface area contributed by atoms with Crippen LogP contribution in [0.1, 0.15) is 51.4 Å². The number of nitrogens with zero attached hydrogens (tertiary/aromatic N) is 1. The Bertz CT molecular complexity index is 257. The predicted molar refractivity (Wildman–Crippen MR) is 71.7 cm³/mol. The maximum atomic E-state index is 12.2. The molecule has 0 unspecified atom stereocenters. The standard InChI is InChI=1S/C14H26N2O/c1-3-4-5-6-9-12-16(2)13(17)14(15)10-7-8-11-14/h3H,1,4-12,15H2,2H3. The van der Waals surface area contributed by atoms with Gasteiger partial charge in [0.15, 0.2) is 0 Å². The molecule has 1 fully saturated rings. The number of allylic oxidation sites excluding steroid dienone is 1. The Morgan fingerprint density at radius 3 is 2.59 bits per heavy atom. The van der Waals surface area contributed by atoms with Crippen LogP contribution in [0.2, 0.25) is 0 Å². The van der Waals surface area contributed by atoms with Crippen molar-refractivity contribution in [2.75, 3.05) is 13.6 Å². The Hall–Kier alpha value is -0.830. The van der Waals surface area contributed by atoms with Crippen LogP contribution >= 0.6 is 0 Å². The molecule has 2 N–H and O–H groups in total. The van der Waals surface area contributed by atoms with E-state index in [-0.39, 0.29) is 5.91 Å². The third kappa shape index (κ3) is 4.15. The fourth-order valence-corrected chi connectivity index (χ4v) is 2.52. The number of nitrogens with two attached hydrogens (primary N) is 1. The minimum atomic E-state index is -0.560. The minimum Gasteiger partial charge on any atom is -0.344 e. The highest BCUT2D eigenvalue weighted by Gasteiger charge is 2.38. The molecule has 3 heteroatoms. The highest BCUT2D eigenvalue weighted by molar-refractivity contribution is 5.86. The second-order valence-corrected chi connectivity index (χ2v) is 5.23. The van der Waals surface area contributed by atoms with Gasteiger partial charge in [-0.2, -0.15) is 0 Å². The van der Waals surface area contributed by atoms with Crippen LogP contribution in [-0.4, -0.2) is 29.9 Å². The van der Waals surface area contributed by atoms with Crippen molar-refractivity contribution in [2.45, 2.75) is 56.9 Å². The number of amides is 1. The Kier molecular flexibility index (Phi) is 5.69. The molecule has 0 heterocycles. The molecule has 1 amide bonds. The molecule has 0 aromatic heterocycles. The van der Waals surface area contributed by atoms with E-state index in [0.29, 0.717) is 0 Å². The zero-order valence-corrected chi connectivity index (χ0v) is 11.1. The smallest absolute Gasteiger partial charge is 0.242 e. The van der Waals surface area contributed by atoms with E-state index in [4.69, 9.17) is 5.73 Å². The summed E-state index contributed by atoms with van der Waals surface area (Å²) in [5, 5.41) is 0. The maximum Gasteiger partial charge on any atom is 0.242 e. The SMILES string of the molecule is C=CCCCCCN(C)C(=O)C1(N)CCCC1. The zero-order valence-electron chi connectivity index (χ0n) is 11.1. The van der Waals surface area contributed by atoms with Crippen LogP contribution in [0.4, 0.5) is 0 Å². The van der Waals surface area contributed by atoms with Gasteiger partial charge < -0.3 is 10.6 Å². The average molecular weight is 238 g/mol. The Labute approximate surface area is 105 Å². The normalized spacial score (nSPS) is 18.0. The van der Waals surface area contributed by atoms with Crippen LogP contribution in [0.5, 0.6) is 0 Å². The molecule has 0 radical (unpaired) electrons.